The van der Waals surface area contributed by atoms with E-state index in [1.165, 1.54) is 6.20 Å². The van der Waals surface area contributed by atoms with Gasteiger partial charge in [0.1, 0.15) is 6.04 Å². The Hall–Kier alpha value is -1.36. The molecule has 0 aliphatic heterocycles. The topological polar surface area (TPSA) is 81.1 Å². The highest BCUT2D eigenvalue weighted by molar-refractivity contribution is 5.74. The van der Waals surface area contributed by atoms with E-state index in [4.69, 9.17) is 10.8 Å². The lowest BCUT2D eigenvalue weighted by atomic mass is 10.1. The SMILES string of the molecule is CC(C)(C)n1cc(C(N)C(=O)O)cn1. The van der Waals surface area contributed by atoms with Gasteiger partial charge in [-0.05, 0) is 20.8 Å². The van der Waals surface area contributed by atoms with Gasteiger partial charge < -0.3 is 10.8 Å². The van der Waals surface area contributed by atoms with Crippen molar-refractivity contribution >= 4 is 5.97 Å². The molecule has 1 aromatic heterocycles. The van der Waals surface area contributed by atoms with Gasteiger partial charge in [-0.25, -0.2) is 0 Å². The second-order valence-corrected chi connectivity index (χ2v) is 4.20. The first kappa shape index (κ1) is 10.7. The molecular formula is C9H15N3O2. The minimum atomic E-state index is -1.04. The van der Waals surface area contributed by atoms with Crippen LogP contribution < -0.4 is 5.73 Å². The Labute approximate surface area is 82.5 Å². The van der Waals surface area contributed by atoms with Gasteiger partial charge in [-0.2, -0.15) is 5.10 Å². The van der Waals surface area contributed by atoms with Crippen LogP contribution in [0.4, 0.5) is 0 Å². The Bertz CT molecular complexity index is 338. The molecular weight excluding hydrogens is 182 g/mol. The van der Waals surface area contributed by atoms with Gasteiger partial charge in [-0.1, -0.05) is 0 Å². The zero-order valence-electron chi connectivity index (χ0n) is 8.56. The van der Waals surface area contributed by atoms with Crippen molar-refractivity contribution in [3.8, 4) is 0 Å². The molecule has 14 heavy (non-hydrogen) atoms. The van der Waals surface area contributed by atoms with Crippen LogP contribution in [0.3, 0.4) is 0 Å². The third-order valence-corrected chi connectivity index (χ3v) is 1.92. The Morgan fingerprint density at radius 2 is 2.21 bits per heavy atom. The lowest BCUT2D eigenvalue weighted by molar-refractivity contribution is -0.138. The number of carbonyl (C=O) groups is 1. The predicted molar refractivity (Wildman–Crippen MR) is 51.8 cm³/mol. The molecule has 0 saturated heterocycles. The fourth-order valence-corrected chi connectivity index (χ4v) is 1.01. The second-order valence-electron chi connectivity index (χ2n) is 4.20. The van der Waals surface area contributed by atoms with E-state index in [2.05, 4.69) is 5.10 Å². The van der Waals surface area contributed by atoms with Gasteiger partial charge >= 0.3 is 5.97 Å². The molecule has 1 unspecified atom stereocenters. The summed E-state index contributed by atoms with van der Waals surface area (Å²) >= 11 is 0. The van der Waals surface area contributed by atoms with E-state index in [0.717, 1.165) is 0 Å². The van der Waals surface area contributed by atoms with Gasteiger partial charge in [0.25, 0.3) is 0 Å². The van der Waals surface area contributed by atoms with Gasteiger partial charge in [-0.15, -0.1) is 0 Å². The largest absolute Gasteiger partial charge is 0.480 e. The number of nitrogens with zero attached hydrogens (tertiary/aromatic N) is 2. The van der Waals surface area contributed by atoms with Crippen LogP contribution in [0.1, 0.15) is 32.4 Å². The highest BCUT2D eigenvalue weighted by Crippen LogP contribution is 2.16. The first-order chi connectivity index (χ1) is 6.32. The number of aliphatic carboxylic acids is 1. The van der Waals surface area contributed by atoms with Crippen LogP contribution in [0.25, 0.3) is 0 Å². The van der Waals surface area contributed by atoms with E-state index >= 15 is 0 Å². The molecule has 1 rings (SSSR count). The normalized spacial score (nSPS) is 14.0. The molecule has 0 aliphatic carbocycles. The number of hydrogen-bond acceptors (Lipinski definition) is 3. The summed E-state index contributed by atoms with van der Waals surface area (Å²) in [5.74, 6) is -1.04. The van der Waals surface area contributed by atoms with Crippen LogP contribution in [0.15, 0.2) is 12.4 Å². The lowest BCUT2D eigenvalue weighted by Crippen LogP contribution is -2.23. The summed E-state index contributed by atoms with van der Waals surface area (Å²) in [7, 11) is 0. The Kier molecular flexibility index (Phi) is 2.62. The minimum Gasteiger partial charge on any atom is -0.480 e. The van der Waals surface area contributed by atoms with E-state index in [1.54, 1.807) is 10.9 Å². The summed E-state index contributed by atoms with van der Waals surface area (Å²) in [5, 5.41) is 12.7. The van der Waals surface area contributed by atoms with Gasteiger partial charge in [0, 0.05) is 11.8 Å². The first-order valence-corrected chi connectivity index (χ1v) is 4.36. The fraction of sp³-hybridized carbons (Fsp3) is 0.556. The molecule has 1 atom stereocenters. The first-order valence-electron chi connectivity index (χ1n) is 4.36. The second kappa shape index (κ2) is 3.42. The molecule has 3 N–H and O–H groups in total. The van der Waals surface area contributed by atoms with Crippen LogP contribution in [0, 0.1) is 0 Å². The van der Waals surface area contributed by atoms with Crippen molar-refractivity contribution in [2.75, 3.05) is 0 Å². The maximum atomic E-state index is 10.6. The molecule has 0 fully saturated rings. The van der Waals surface area contributed by atoms with Crippen molar-refractivity contribution in [2.24, 2.45) is 5.73 Å². The molecule has 1 aromatic rings. The summed E-state index contributed by atoms with van der Waals surface area (Å²) < 4.78 is 1.70. The zero-order valence-corrected chi connectivity index (χ0v) is 8.56. The zero-order chi connectivity index (χ0) is 10.9. The number of carboxylic acid groups (broad SMARTS) is 1. The average molecular weight is 197 g/mol. The van der Waals surface area contributed by atoms with E-state index in [0.29, 0.717) is 5.56 Å². The standard InChI is InChI=1S/C9H15N3O2/c1-9(2,3)12-5-6(4-11-12)7(10)8(13)14/h4-5,7H,10H2,1-3H3,(H,13,14). The summed E-state index contributed by atoms with van der Waals surface area (Å²) in [4.78, 5) is 10.6. The fourth-order valence-electron chi connectivity index (χ4n) is 1.01. The summed E-state index contributed by atoms with van der Waals surface area (Å²) in [5.41, 5.74) is 5.81. The summed E-state index contributed by atoms with van der Waals surface area (Å²) in [6.45, 7) is 5.95. The van der Waals surface area contributed by atoms with Crippen LogP contribution in [0.2, 0.25) is 0 Å². The van der Waals surface area contributed by atoms with Gasteiger partial charge in [0.2, 0.25) is 0 Å². The van der Waals surface area contributed by atoms with Crippen molar-refractivity contribution < 1.29 is 9.90 Å². The molecule has 0 radical (unpaired) electrons. The van der Waals surface area contributed by atoms with E-state index in [1.807, 2.05) is 20.8 Å². The number of aromatic nitrogens is 2. The third kappa shape index (κ3) is 2.11. The van der Waals surface area contributed by atoms with Gasteiger partial charge in [0.15, 0.2) is 0 Å². The molecule has 5 heteroatoms. The average Bonchev–Trinajstić information content (AvgIpc) is 2.49. The third-order valence-electron chi connectivity index (χ3n) is 1.92. The van der Waals surface area contributed by atoms with Gasteiger partial charge in [0.05, 0.1) is 11.7 Å². The van der Waals surface area contributed by atoms with E-state index in [-0.39, 0.29) is 5.54 Å². The smallest absolute Gasteiger partial charge is 0.325 e. The molecule has 0 spiro atoms. The Morgan fingerprint density at radius 1 is 1.64 bits per heavy atom. The van der Waals surface area contributed by atoms with Crippen molar-refractivity contribution in [1.29, 1.82) is 0 Å². The molecule has 5 nitrogen and oxygen atoms in total. The van der Waals surface area contributed by atoms with Crippen molar-refractivity contribution in [3.05, 3.63) is 18.0 Å². The van der Waals surface area contributed by atoms with Crippen LogP contribution in [0.5, 0.6) is 0 Å². The highest BCUT2D eigenvalue weighted by Gasteiger charge is 2.19. The van der Waals surface area contributed by atoms with Crippen molar-refractivity contribution in [1.82, 2.24) is 9.78 Å². The monoisotopic (exact) mass is 197 g/mol. The molecule has 0 saturated carbocycles. The number of nitrogens with two attached hydrogens (primary N) is 1. The van der Waals surface area contributed by atoms with Gasteiger partial charge in [-0.3, -0.25) is 9.48 Å². The molecule has 0 bridgehead atoms. The lowest BCUT2D eigenvalue weighted by Gasteiger charge is -2.18. The van der Waals surface area contributed by atoms with Crippen molar-refractivity contribution in [3.63, 3.8) is 0 Å². The minimum absolute atomic E-state index is 0.156. The Balaban J connectivity index is 2.94. The summed E-state index contributed by atoms with van der Waals surface area (Å²) in [6.07, 6.45) is 3.16. The number of carboxylic acids is 1. The predicted octanol–water partition coefficient (Wildman–Crippen LogP) is 0.722. The molecule has 0 aliphatic rings. The molecule has 1 heterocycles. The highest BCUT2D eigenvalue weighted by atomic mass is 16.4. The Morgan fingerprint density at radius 3 is 2.57 bits per heavy atom. The van der Waals surface area contributed by atoms with E-state index in [9.17, 15) is 4.79 Å². The van der Waals surface area contributed by atoms with Crippen molar-refractivity contribution in [2.45, 2.75) is 32.4 Å². The molecule has 0 aromatic carbocycles. The van der Waals surface area contributed by atoms with Crippen LogP contribution >= 0.6 is 0 Å². The maximum Gasteiger partial charge on any atom is 0.325 e. The molecule has 0 amide bonds. The quantitative estimate of drug-likeness (QED) is 0.732. The number of hydrogen-bond donors (Lipinski definition) is 2. The maximum absolute atomic E-state index is 10.6. The summed E-state index contributed by atoms with van der Waals surface area (Å²) in [6, 6.07) is -0.994. The number of rotatable bonds is 2. The van der Waals surface area contributed by atoms with Crippen LogP contribution in [-0.2, 0) is 10.3 Å². The van der Waals surface area contributed by atoms with Crippen LogP contribution in [-0.4, -0.2) is 20.9 Å². The molecule has 78 valence electrons. The van der Waals surface area contributed by atoms with E-state index < -0.39 is 12.0 Å².